The Kier molecular flexibility index (Phi) is 7.14. The molecule has 1 aromatic carbocycles. The van der Waals surface area contributed by atoms with E-state index >= 15 is 0 Å². The molecule has 10 heteroatoms. The zero-order valence-corrected chi connectivity index (χ0v) is 20.3. The molecule has 7 nitrogen and oxygen atoms in total. The van der Waals surface area contributed by atoms with Gasteiger partial charge in [-0.1, -0.05) is 6.07 Å². The molecule has 1 aromatic heterocycles. The topological polar surface area (TPSA) is 109 Å². The molecule has 1 fully saturated rings. The van der Waals surface area contributed by atoms with Crippen LogP contribution < -0.4 is 10.3 Å². The van der Waals surface area contributed by atoms with Crippen LogP contribution in [0.25, 0.3) is 0 Å². The van der Waals surface area contributed by atoms with Gasteiger partial charge in [0.25, 0.3) is 5.56 Å². The van der Waals surface area contributed by atoms with Gasteiger partial charge in [-0.25, -0.2) is 12.8 Å². The summed E-state index contributed by atoms with van der Waals surface area (Å²) >= 11 is 2.00. The zero-order chi connectivity index (χ0) is 23.0. The summed E-state index contributed by atoms with van der Waals surface area (Å²) in [5, 5.41) is 18.8. The van der Waals surface area contributed by atoms with Gasteiger partial charge in [-0.05, 0) is 72.0 Å². The number of sulfonamides is 1. The van der Waals surface area contributed by atoms with Gasteiger partial charge in [0, 0.05) is 47.9 Å². The predicted molar refractivity (Wildman–Crippen MR) is 125 cm³/mol. The van der Waals surface area contributed by atoms with Crippen LogP contribution in [0.5, 0.6) is 0 Å². The third kappa shape index (κ3) is 4.96. The molecule has 0 unspecified atom stereocenters. The lowest BCUT2D eigenvalue weighted by molar-refractivity contribution is 0.141. The first-order chi connectivity index (χ1) is 14.5. The van der Waals surface area contributed by atoms with Crippen LogP contribution in [0.4, 0.5) is 10.1 Å². The molecule has 170 valence electrons. The molecule has 0 spiro atoms. The molecule has 0 saturated heterocycles. The monoisotopic (exact) mass is 564 g/mol. The lowest BCUT2D eigenvalue weighted by Gasteiger charge is -2.23. The molecule has 1 saturated carbocycles. The number of aryl methyl sites for hydroxylation is 1. The SMILES string of the molecule is Cc1c(Cc2ccc(I)cc2F)c(NS(=O)(=O)C2(CC(CO)CO)CC2)cn(C)c1=O. The first kappa shape index (κ1) is 24.1. The van der Waals surface area contributed by atoms with Crippen molar-refractivity contribution in [2.24, 2.45) is 13.0 Å². The van der Waals surface area contributed by atoms with Gasteiger partial charge in [0.15, 0.2) is 0 Å². The number of rotatable bonds is 9. The van der Waals surface area contributed by atoms with E-state index in [4.69, 9.17) is 0 Å². The predicted octanol–water partition coefficient (Wildman–Crippen LogP) is 2.29. The van der Waals surface area contributed by atoms with E-state index in [0.29, 0.717) is 29.5 Å². The minimum atomic E-state index is -3.88. The molecule has 2 aromatic rings. The Balaban J connectivity index is 2.00. The third-order valence-electron chi connectivity index (χ3n) is 5.92. The van der Waals surface area contributed by atoms with Crippen molar-refractivity contribution in [2.75, 3.05) is 17.9 Å². The maximum atomic E-state index is 14.5. The Morgan fingerprint density at radius 3 is 2.48 bits per heavy atom. The number of hydrogen-bond donors (Lipinski definition) is 3. The molecule has 0 radical (unpaired) electrons. The summed E-state index contributed by atoms with van der Waals surface area (Å²) in [6.07, 6.45) is 2.46. The summed E-state index contributed by atoms with van der Waals surface area (Å²) in [6.45, 7) is 0.995. The number of aliphatic hydroxyl groups is 2. The molecular formula is C21H26FIN2O5S. The van der Waals surface area contributed by atoms with Crippen molar-refractivity contribution >= 4 is 38.3 Å². The van der Waals surface area contributed by atoms with Gasteiger partial charge in [-0.2, -0.15) is 0 Å². The van der Waals surface area contributed by atoms with Crippen molar-refractivity contribution in [3.8, 4) is 0 Å². The number of pyridine rings is 1. The highest BCUT2D eigenvalue weighted by Crippen LogP contribution is 2.49. The summed E-state index contributed by atoms with van der Waals surface area (Å²) in [4.78, 5) is 12.5. The van der Waals surface area contributed by atoms with Gasteiger partial charge in [0.05, 0.1) is 10.4 Å². The highest BCUT2D eigenvalue weighted by atomic mass is 127. The summed E-state index contributed by atoms with van der Waals surface area (Å²) in [5.74, 6) is -0.950. The molecular weight excluding hydrogens is 538 g/mol. The lowest BCUT2D eigenvalue weighted by Crippen LogP contribution is -2.34. The van der Waals surface area contributed by atoms with E-state index in [1.165, 1.54) is 23.9 Å². The molecule has 0 aliphatic heterocycles. The van der Waals surface area contributed by atoms with Gasteiger partial charge in [-0.3, -0.25) is 9.52 Å². The number of benzene rings is 1. The minimum Gasteiger partial charge on any atom is -0.396 e. The van der Waals surface area contributed by atoms with E-state index in [1.54, 1.807) is 19.1 Å². The van der Waals surface area contributed by atoms with Gasteiger partial charge in [0.1, 0.15) is 5.82 Å². The first-order valence-corrected chi connectivity index (χ1v) is 12.5. The van der Waals surface area contributed by atoms with Gasteiger partial charge >= 0.3 is 0 Å². The third-order valence-corrected chi connectivity index (χ3v) is 8.80. The highest BCUT2D eigenvalue weighted by Gasteiger charge is 2.55. The Bertz CT molecular complexity index is 1140. The fourth-order valence-corrected chi connectivity index (χ4v) is 6.01. The quantitative estimate of drug-likeness (QED) is 0.406. The number of nitrogens with one attached hydrogen (secondary N) is 1. The average molecular weight is 564 g/mol. The molecule has 0 amide bonds. The summed E-state index contributed by atoms with van der Waals surface area (Å²) in [7, 11) is -2.35. The molecule has 0 bridgehead atoms. The van der Waals surface area contributed by atoms with Crippen LogP contribution in [0.3, 0.4) is 0 Å². The van der Waals surface area contributed by atoms with Crippen LogP contribution in [0.15, 0.2) is 29.2 Å². The van der Waals surface area contributed by atoms with E-state index < -0.39 is 26.5 Å². The molecule has 0 atom stereocenters. The summed E-state index contributed by atoms with van der Waals surface area (Å²) in [6, 6.07) is 4.77. The number of halogens is 2. The van der Waals surface area contributed by atoms with Crippen LogP contribution in [-0.2, 0) is 23.5 Å². The minimum absolute atomic E-state index is 0.0609. The molecule has 3 N–H and O–H groups in total. The summed E-state index contributed by atoms with van der Waals surface area (Å²) < 4.78 is 44.5. The van der Waals surface area contributed by atoms with E-state index in [2.05, 4.69) is 4.72 Å². The fraction of sp³-hybridized carbons (Fsp3) is 0.476. The second-order valence-electron chi connectivity index (χ2n) is 8.20. The number of aromatic nitrogens is 1. The van der Waals surface area contributed by atoms with E-state index in [-0.39, 0.29) is 37.3 Å². The van der Waals surface area contributed by atoms with E-state index in [9.17, 15) is 27.8 Å². The van der Waals surface area contributed by atoms with Crippen molar-refractivity contribution in [1.29, 1.82) is 0 Å². The van der Waals surface area contributed by atoms with Crippen molar-refractivity contribution in [3.63, 3.8) is 0 Å². The Hall–Kier alpha value is -1.50. The summed E-state index contributed by atoms with van der Waals surface area (Å²) in [5.41, 5.74) is 1.07. The molecule has 3 rings (SSSR count). The lowest BCUT2D eigenvalue weighted by atomic mass is 10.00. The van der Waals surface area contributed by atoms with Crippen LogP contribution in [0.2, 0.25) is 0 Å². The van der Waals surface area contributed by atoms with Gasteiger partial charge in [-0.15, -0.1) is 0 Å². The normalized spacial score (nSPS) is 15.3. The van der Waals surface area contributed by atoms with Crippen LogP contribution >= 0.6 is 22.6 Å². The number of hydrogen-bond acceptors (Lipinski definition) is 5. The Morgan fingerprint density at radius 2 is 1.94 bits per heavy atom. The van der Waals surface area contributed by atoms with Crippen LogP contribution in [0.1, 0.15) is 36.0 Å². The first-order valence-electron chi connectivity index (χ1n) is 9.90. The number of anilines is 1. The van der Waals surface area contributed by atoms with Crippen LogP contribution in [0, 0.1) is 22.2 Å². The van der Waals surface area contributed by atoms with E-state index in [0.717, 1.165) is 3.57 Å². The van der Waals surface area contributed by atoms with Gasteiger partial charge in [0.2, 0.25) is 10.0 Å². The maximum Gasteiger partial charge on any atom is 0.253 e. The van der Waals surface area contributed by atoms with Crippen molar-refractivity contribution in [2.45, 2.75) is 37.4 Å². The standard InChI is InChI=1S/C21H26FIN2O5S/c1-13-17(7-15-3-4-16(23)8-18(15)22)19(10-25(2)20(13)28)24-31(29,30)21(5-6-21)9-14(11-26)12-27/h3-4,8,10,14,24,26-27H,5-7,9,11-12H2,1-2H3. The molecule has 31 heavy (non-hydrogen) atoms. The fourth-order valence-electron chi connectivity index (χ4n) is 3.78. The van der Waals surface area contributed by atoms with E-state index in [1.807, 2.05) is 22.6 Å². The molecule has 1 heterocycles. The Morgan fingerprint density at radius 1 is 1.29 bits per heavy atom. The highest BCUT2D eigenvalue weighted by molar-refractivity contribution is 14.1. The number of aliphatic hydroxyl groups excluding tert-OH is 2. The second kappa shape index (κ2) is 9.16. The maximum absolute atomic E-state index is 14.5. The van der Waals surface area contributed by atoms with Crippen LogP contribution in [-0.4, -0.2) is 41.2 Å². The van der Waals surface area contributed by atoms with Crippen molar-refractivity contribution < 1.29 is 23.0 Å². The zero-order valence-electron chi connectivity index (χ0n) is 17.4. The second-order valence-corrected chi connectivity index (χ2v) is 11.5. The smallest absolute Gasteiger partial charge is 0.253 e. The molecule has 1 aliphatic rings. The number of nitrogens with zero attached hydrogens (tertiary/aromatic N) is 1. The Labute approximate surface area is 194 Å². The van der Waals surface area contributed by atoms with Crippen molar-refractivity contribution in [1.82, 2.24) is 4.57 Å². The van der Waals surface area contributed by atoms with Crippen molar-refractivity contribution in [3.05, 3.63) is 60.8 Å². The van der Waals surface area contributed by atoms with Gasteiger partial charge < -0.3 is 14.8 Å². The largest absolute Gasteiger partial charge is 0.396 e. The average Bonchev–Trinajstić information content (AvgIpc) is 3.50. The molecule has 1 aliphatic carbocycles.